The average molecular weight is 248 g/mol. The van der Waals surface area contributed by atoms with Crippen molar-refractivity contribution in [3.05, 3.63) is 18.2 Å². The summed E-state index contributed by atoms with van der Waals surface area (Å²) in [5, 5.41) is 3.43. The molecule has 0 unspecified atom stereocenters. The molecule has 18 heavy (non-hydrogen) atoms. The summed E-state index contributed by atoms with van der Waals surface area (Å²) in [4.78, 5) is 4.37. The molecule has 1 fully saturated rings. The smallest absolute Gasteiger partial charge is 0.214 e. The zero-order chi connectivity index (χ0) is 12.8. The molecule has 3 nitrogen and oxygen atoms in total. The van der Waals surface area contributed by atoms with Crippen LogP contribution in [0.1, 0.15) is 39.0 Å². The van der Waals surface area contributed by atoms with Gasteiger partial charge in [0.2, 0.25) is 5.88 Å². The number of methoxy groups -OCH3 is 1. The summed E-state index contributed by atoms with van der Waals surface area (Å²) in [6, 6.07) is 5.85. The molecule has 0 aliphatic heterocycles. The molecule has 0 atom stereocenters. The fourth-order valence-corrected chi connectivity index (χ4v) is 2.72. The molecule has 100 valence electrons. The predicted octanol–water partition coefficient (Wildman–Crippen LogP) is 3.72. The van der Waals surface area contributed by atoms with Crippen LogP contribution in [-0.2, 0) is 0 Å². The van der Waals surface area contributed by atoms with Gasteiger partial charge in [0.15, 0.2) is 0 Å². The van der Waals surface area contributed by atoms with Gasteiger partial charge < -0.3 is 10.1 Å². The first kappa shape index (κ1) is 13.2. The minimum atomic E-state index is 0.676. The van der Waals surface area contributed by atoms with Crippen LogP contribution in [0.4, 0.5) is 5.82 Å². The van der Waals surface area contributed by atoms with E-state index in [1.54, 1.807) is 7.11 Å². The zero-order valence-electron chi connectivity index (χ0n) is 11.5. The highest BCUT2D eigenvalue weighted by Gasteiger charge is 2.19. The number of aromatic nitrogens is 1. The molecule has 3 heteroatoms. The third-order valence-electron chi connectivity index (χ3n) is 4.05. The Morgan fingerprint density at radius 1 is 1.22 bits per heavy atom. The summed E-state index contributed by atoms with van der Waals surface area (Å²) in [5.41, 5.74) is 0. The predicted molar refractivity (Wildman–Crippen MR) is 75.0 cm³/mol. The van der Waals surface area contributed by atoms with E-state index in [2.05, 4.69) is 17.2 Å². The Hall–Kier alpha value is -1.25. The van der Waals surface area contributed by atoms with Gasteiger partial charge in [0, 0.05) is 12.6 Å². The van der Waals surface area contributed by atoms with E-state index in [1.807, 2.05) is 18.2 Å². The lowest BCUT2D eigenvalue weighted by Gasteiger charge is -2.28. The van der Waals surface area contributed by atoms with E-state index in [0.717, 1.165) is 24.2 Å². The quantitative estimate of drug-likeness (QED) is 0.862. The number of hydrogen-bond donors (Lipinski definition) is 1. The highest BCUT2D eigenvalue weighted by molar-refractivity contribution is 5.36. The Bertz CT molecular complexity index is 359. The van der Waals surface area contributed by atoms with E-state index >= 15 is 0 Å². The molecule has 1 aromatic heterocycles. The average Bonchev–Trinajstić information content (AvgIpc) is 2.46. The number of hydrogen-bond acceptors (Lipinski definition) is 3. The van der Waals surface area contributed by atoms with Gasteiger partial charge in [-0.05, 0) is 30.7 Å². The standard InChI is InChI=1S/C15H24N2O/c1-3-12-7-9-13(10-8-12)11-16-14-5-4-6-15(17-14)18-2/h4-6,12-13H,3,7-11H2,1-2H3,(H,16,17). The summed E-state index contributed by atoms with van der Waals surface area (Å²) >= 11 is 0. The Labute approximate surface area is 110 Å². The first-order valence-corrected chi connectivity index (χ1v) is 7.06. The van der Waals surface area contributed by atoms with Crippen molar-refractivity contribution >= 4 is 5.82 Å². The van der Waals surface area contributed by atoms with Crippen LogP contribution in [0.15, 0.2) is 18.2 Å². The molecule has 0 radical (unpaired) electrons. The number of rotatable bonds is 5. The van der Waals surface area contributed by atoms with Crippen LogP contribution < -0.4 is 10.1 Å². The largest absolute Gasteiger partial charge is 0.481 e. The molecule has 1 aliphatic carbocycles. The maximum Gasteiger partial charge on any atom is 0.214 e. The lowest BCUT2D eigenvalue weighted by Crippen LogP contribution is -2.21. The van der Waals surface area contributed by atoms with E-state index in [0.29, 0.717) is 5.88 Å². The fraction of sp³-hybridized carbons (Fsp3) is 0.667. The number of anilines is 1. The molecule has 0 bridgehead atoms. The van der Waals surface area contributed by atoms with Crippen molar-refractivity contribution in [2.45, 2.75) is 39.0 Å². The summed E-state index contributed by atoms with van der Waals surface area (Å²) in [7, 11) is 1.65. The molecule has 1 aliphatic rings. The number of nitrogens with zero attached hydrogens (tertiary/aromatic N) is 1. The third kappa shape index (κ3) is 3.62. The minimum absolute atomic E-state index is 0.676. The molecular formula is C15H24N2O. The highest BCUT2D eigenvalue weighted by atomic mass is 16.5. The summed E-state index contributed by atoms with van der Waals surface area (Å²) < 4.78 is 5.12. The van der Waals surface area contributed by atoms with Crippen LogP contribution >= 0.6 is 0 Å². The fourth-order valence-electron chi connectivity index (χ4n) is 2.72. The second-order valence-corrected chi connectivity index (χ2v) is 5.24. The van der Waals surface area contributed by atoms with Gasteiger partial charge in [-0.2, -0.15) is 4.98 Å². The van der Waals surface area contributed by atoms with E-state index in [1.165, 1.54) is 32.1 Å². The number of ether oxygens (including phenoxy) is 1. The number of nitrogens with one attached hydrogen (secondary N) is 1. The monoisotopic (exact) mass is 248 g/mol. The highest BCUT2D eigenvalue weighted by Crippen LogP contribution is 2.30. The SMILES string of the molecule is CCC1CCC(CNc2cccc(OC)n2)CC1. The van der Waals surface area contributed by atoms with Crippen LogP contribution in [0, 0.1) is 11.8 Å². The second-order valence-electron chi connectivity index (χ2n) is 5.24. The van der Waals surface area contributed by atoms with Gasteiger partial charge in [0.1, 0.15) is 5.82 Å². The van der Waals surface area contributed by atoms with Crippen LogP contribution in [-0.4, -0.2) is 18.6 Å². The Kier molecular flexibility index (Phi) is 4.85. The van der Waals surface area contributed by atoms with Gasteiger partial charge >= 0.3 is 0 Å². The lowest BCUT2D eigenvalue weighted by molar-refractivity contribution is 0.278. The lowest BCUT2D eigenvalue weighted by atomic mass is 9.81. The van der Waals surface area contributed by atoms with Crippen molar-refractivity contribution in [1.82, 2.24) is 4.98 Å². The van der Waals surface area contributed by atoms with Crippen molar-refractivity contribution < 1.29 is 4.74 Å². The van der Waals surface area contributed by atoms with E-state index in [9.17, 15) is 0 Å². The van der Waals surface area contributed by atoms with Gasteiger partial charge in [0.05, 0.1) is 7.11 Å². The molecular weight excluding hydrogens is 224 g/mol. The topological polar surface area (TPSA) is 34.1 Å². The van der Waals surface area contributed by atoms with E-state index in [4.69, 9.17) is 4.74 Å². The summed E-state index contributed by atoms with van der Waals surface area (Å²) in [6.07, 6.45) is 6.85. The zero-order valence-corrected chi connectivity index (χ0v) is 11.5. The maximum absolute atomic E-state index is 5.12. The molecule has 1 aromatic rings. The van der Waals surface area contributed by atoms with Gasteiger partial charge in [0.25, 0.3) is 0 Å². The van der Waals surface area contributed by atoms with Crippen LogP contribution in [0.2, 0.25) is 0 Å². The van der Waals surface area contributed by atoms with Gasteiger partial charge in [-0.3, -0.25) is 0 Å². The molecule has 1 saturated carbocycles. The van der Waals surface area contributed by atoms with Crippen LogP contribution in [0.5, 0.6) is 5.88 Å². The van der Waals surface area contributed by atoms with Gasteiger partial charge in [-0.15, -0.1) is 0 Å². The van der Waals surface area contributed by atoms with Gasteiger partial charge in [-0.1, -0.05) is 32.3 Å². The normalized spacial score (nSPS) is 23.7. The van der Waals surface area contributed by atoms with Crippen LogP contribution in [0.25, 0.3) is 0 Å². The van der Waals surface area contributed by atoms with Crippen molar-refractivity contribution in [3.8, 4) is 5.88 Å². The third-order valence-corrected chi connectivity index (χ3v) is 4.05. The molecule has 0 amide bonds. The summed E-state index contributed by atoms with van der Waals surface area (Å²) in [5.74, 6) is 3.37. The Balaban J connectivity index is 1.77. The molecule has 1 heterocycles. The van der Waals surface area contributed by atoms with Crippen molar-refractivity contribution in [1.29, 1.82) is 0 Å². The van der Waals surface area contributed by atoms with Crippen molar-refractivity contribution in [2.75, 3.05) is 19.0 Å². The van der Waals surface area contributed by atoms with E-state index < -0.39 is 0 Å². The summed E-state index contributed by atoms with van der Waals surface area (Å²) in [6.45, 7) is 3.35. The molecule has 1 N–H and O–H groups in total. The number of pyridine rings is 1. The van der Waals surface area contributed by atoms with E-state index in [-0.39, 0.29) is 0 Å². The Morgan fingerprint density at radius 2 is 1.94 bits per heavy atom. The molecule has 0 spiro atoms. The molecule has 0 saturated heterocycles. The first-order chi connectivity index (χ1) is 8.81. The molecule has 2 rings (SSSR count). The minimum Gasteiger partial charge on any atom is -0.481 e. The molecule has 0 aromatic carbocycles. The van der Waals surface area contributed by atoms with Gasteiger partial charge in [-0.25, -0.2) is 0 Å². The second kappa shape index (κ2) is 6.62. The first-order valence-electron chi connectivity index (χ1n) is 7.06. The van der Waals surface area contributed by atoms with Crippen LogP contribution in [0.3, 0.4) is 0 Å². The van der Waals surface area contributed by atoms with Crippen molar-refractivity contribution in [3.63, 3.8) is 0 Å². The maximum atomic E-state index is 5.12. The Morgan fingerprint density at radius 3 is 2.61 bits per heavy atom. The van der Waals surface area contributed by atoms with Crippen molar-refractivity contribution in [2.24, 2.45) is 11.8 Å².